The van der Waals surface area contributed by atoms with Crippen LogP contribution in [0, 0.1) is 6.92 Å². The second-order valence-corrected chi connectivity index (χ2v) is 5.41. The number of hydrogen-bond donors (Lipinski definition) is 1. The molecule has 5 heteroatoms. The molecule has 5 nitrogen and oxygen atoms in total. The number of benzene rings is 1. The van der Waals surface area contributed by atoms with E-state index in [2.05, 4.69) is 0 Å². The lowest BCUT2D eigenvalue weighted by Crippen LogP contribution is -2.33. The summed E-state index contributed by atoms with van der Waals surface area (Å²) in [5, 5.41) is 8.95. The van der Waals surface area contributed by atoms with Gasteiger partial charge in [0.05, 0.1) is 11.8 Å². The summed E-state index contributed by atoms with van der Waals surface area (Å²) >= 11 is 0. The maximum Gasteiger partial charge on any atom is 0.311 e. The van der Waals surface area contributed by atoms with Gasteiger partial charge < -0.3 is 14.4 Å². The average Bonchev–Trinajstić information content (AvgIpc) is 2.88. The number of carbonyl (C=O) groups is 2. The van der Waals surface area contributed by atoms with E-state index in [1.165, 1.54) is 6.26 Å². The molecule has 0 saturated carbocycles. The molecule has 0 aliphatic heterocycles. The van der Waals surface area contributed by atoms with Crippen LogP contribution in [-0.4, -0.2) is 35.0 Å². The van der Waals surface area contributed by atoms with Crippen LogP contribution in [0.3, 0.4) is 0 Å². The average molecular weight is 315 g/mol. The molecule has 0 aliphatic carbocycles. The van der Waals surface area contributed by atoms with Gasteiger partial charge in [-0.3, -0.25) is 9.59 Å². The first-order valence-electron chi connectivity index (χ1n) is 7.64. The fraction of sp³-hybridized carbons (Fsp3) is 0.333. The molecule has 23 heavy (non-hydrogen) atoms. The summed E-state index contributed by atoms with van der Waals surface area (Å²) in [7, 11) is 0. The molecular formula is C18H21NO4. The number of rotatable bonds is 7. The molecule has 0 saturated heterocycles. The predicted octanol–water partition coefficient (Wildman–Crippen LogP) is 2.92. The highest BCUT2D eigenvalue weighted by molar-refractivity contribution is 5.97. The summed E-state index contributed by atoms with van der Waals surface area (Å²) in [6.45, 7) is 4.81. The highest BCUT2D eigenvalue weighted by Gasteiger charge is 2.24. The van der Waals surface area contributed by atoms with Crippen molar-refractivity contribution in [3.05, 3.63) is 59.0 Å². The summed E-state index contributed by atoms with van der Waals surface area (Å²) in [5.74, 6) is -0.968. The van der Waals surface area contributed by atoms with Gasteiger partial charge in [0.15, 0.2) is 0 Å². The van der Waals surface area contributed by atoms with E-state index >= 15 is 0 Å². The smallest absolute Gasteiger partial charge is 0.311 e. The van der Waals surface area contributed by atoms with E-state index < -0.39 is 5.97 Å². The van der Waals surface area contributed by atoms with E-state index in [1.54, 1.807) is 11.8 Å². The number of carboxylic acid groups (broad SMARTS) is 1. The molecule has 2 aromatic rings. The molecule has 0 spiro atoms. The largest absolute Gasteiger partial charge is 0.481 e. The van der Waals surface area contributed by atoms with Gasteiger partial charge in [0, 0.05) is 18.7 Å². The number of aryl methyl sites for hydroxylation is 1. The summed E-state index contributed by atoms with van der Waals surface area (Å²) in [6, 6.07) is 9.95. The zero-order valence-corrected chi connectivity index (χ0v) is 13.4. The molecule has 0 aliphatic rings. The molecule has 1 amide bonds. The Labute approximate surface area is 135 Å². The van der Waals surface area contributed by atoms with E-state index in [0.29, 0.717) is 24.2 Å². The number of aliphatic carboxylic acids is 1. The lowest BCUT2D eigenvalue weighted by atomic mass is 10.1. The van der Waals surface area contributed by atoms with Gasteiger partial charge in [-0.1, -0.05) is 30.3 Å². The number of hydrogen-bond acceptors (Lipinski definition) is 3. The summed E-state index contributed by atoms with van der Waals surface area (Å²) in [6.07, 6.45) is 1.91. The first-order valence-corrected chi connectivity index (χ1v) is 7.64. The molecule has 1 N–H and O–H groups in total. The Morgan fingerprint density at radius 3 is 2.52 bits per heavy atom. The number of carbonyl (C=O) groups excluding carboxylic acids is 1. The standard InChI is InChI=1S/C18H21NO4/c1-3-19(10-9-14-7-5-4-6-8-14)18(22)17-13(2)12-23-15(17)11-16(20)21/h4-8,12H,3,9-11H2,1-2H3,(H,20,21). The van der Waals surface area contributed by atoms with Gasteiger partial charge in [0.25, 0.3) is 5.91 Å². The second-order valence-electron chi connectivity index (χ2n) is 5.41. The lowest BCUT2D eigenvalue weighted by Gasteiger charge is -2.21. The van der Waals surface area contributed by atoms with Crippen LogP contribution >= 0.6 is 0 Å². The van der Waals surface area contributed by atoms with E-state index in [1.807, 2.05) is 37.3 Å². The minimum atomic E-state index is -1.01. The van der Waals surface area contributed by atoms with Crippen LogP contribution in [0.4, 0.5) is 0 Å². The molecule has 122 valence electrons. The van der Waals surface area contributed by atoms with Crippen LogP contribution in [0.5, 0.6) is 0 Å². The van der Waals surface area contributed by atoms with Crippen molar-refractivity contribution in [2.75, 3.05) is 13.1 Å². The van der Waals surface area contributed by atoms with Gasteiger partial charge in [-0.15, -0.1) is 0 Å². The fourth-order valence-electron chi connectivity index (χ4n) is 2.52. The van der Waals surface area contributed by atoms with Gasteiger partial charge in [0.2, 0.25) is 0 Å². The van der Waals surface area contributed by atoms with Crippen molar-refractivity contribution in [2.24, 2.45) is 0 Å². The van der Waals surface area contributed by atoms with E-state index in [0.717, 1.165) is 12.0 Å². The van der Waals surface area contributed by atoms with Crippen LogP contribution in [-0.2, 0) is 17.6 Å². The minimum Gasteiger partial charge on any atom is -0.481 e. The third-order valence-electron chi connectivity index (χ3n) is 3.76. The molecule has 1 aromatic carbocycles. The van der Waals surface area contributed by atoms with Crippen LogP contribution in [0.25, 0.3) is 0 Å². The van der Waals surface area contributed by atoms with E-state index in [-0.39, 0.29) is 18.1 Å². The Bertz CT molecular complexity index is 676. The minimum absolute atomic E-state index is 0.175. The third-order valence-corrected chi connectivity index (χ3v) is 3.76. The number of nitrogens with zero attached hydrogens (tertiary/aromatic N) is 1. The van der Waals surface area contributed by atoms with Crippen molar-refractivity contribution in [1.29, 1.82) is 0 Å². The quantitative estimate of drug-likeness (QED) is 0.853. The van der Waals surface area contributed by atoms with Gasteiger partial charge in [-0.25, -0.2) is 0 Å². The van der Waals surface area contributed by atoms with Gasteiger partial charge in [-0.05, 0) is 25.8 Å². The predicted molar refractivity (Wildman–Crippen MR) is 86.5 cm³/mol. The maximum absolute atomic E-state index is 12.8. The van der Waals surface area contributed by atoms with Crippen LogP contribution in [0.1, 0.15) is 34.2 Å². The molecule has 0 fully saturated rings. The Balaban J connectivity index is 2.13. The monoisotopic (exact) mass is 315 g/mol. The van der Waals surface area contributed by atoms with Crippen LogP contribution in [0.2, 0.25) is 0 Å². The number of carboxylic acids is 1. The molecule has 1 aromatic heterocycles. The fourth-order valence-corrected chi connectivity index (χ4v) is 2.52. The zero-order valence-electron chi connectivity index (χ0n) is 13.4. The van der Waals surface area contributed by atoms with Gasteiger partial charge in [0.1, 0.15) is 12.2 Å². The summed E-state index contributed by atoms with van der Waals surface area (Å²) in [4.78, 5) is 25.4. The molecule has 0 bridgehead atoms. The second kappa shape index (κ2) is 7.63. The topological polar surface area (TPSA) is 70.8 Å². The summed E-state index contributed by atoms with van der Waals surface area (Å²) < 4.78 is 5.26. The van der Waals surface area contributed by atoms with Crippen molar-refractivity contribution in [3.63, 3.8) is 0 Å². The third kappa shape index (κ3) is 4.22. The van der Waals surface area contributed by atoms with Crippen molar-refractivity contribution >= 4 is 11.9 Å². The Hall–Kier alpha value is -2.56. The van der Waals surface area contributed by atoms with Crippen LogP contribution in [0.15, 0.2) is 41.0 Å². The van der Waals surface area contributed by atoms with Crippen molar-refractivity contribution in [1.82, 2.24) is 4.90 Å². The molecule has 0 atom stereocenters. The maximum atomic E-state index is 12.8. The van der Waals surface area contributed by atoms with Crippen molar-refractivity contribution in [2.45, 2.75) is 26.7 Å². The number of likely N-dealkylation sites (N-methyl/N-ethyl adjacent to an activating group) is 1. The van der Waals surface area contributed by atoms with Gasteiger partial charge in [-0.2, -0.15) is 0 Å². The molecular weight excluding hydrogens is 294 g/mol. The Kier molecular flexibility index (Phi) is 5.57. The summed E-state index contributed by atoms with van der Waals surface area (Å²) in [5.41, 5.74) is 2.21. The highest BCUT2D eigenvalue weighted by atomic mass is 16.4. The van der Waals surface area contributed by atoms with Crippen LogP contribution < -0.4 is 0 Å². The normalized spacial score (nSPS) is 10.5. The van der Waals surface area contributed by atoms with E-state index in [4.69, 9.17) is 9.52 Å². The van der Waals surface area contributed by atoms with Gasteiger partial charge >= 0.3 is 5.97 Å². The highest BCUT2D eigenvalue weighted by Crippen LogP contribution is 2.20. The first-order chi connectivity index (χ1) is 11.0. The molecule has 0 radical (unpaired) electrons. The number of furan rings is 1. The van der Waals surface area contributed by atoms with Crippen molar-refractivity contribution < 1.29 is 19.1 Å². The van der Waals surface area contributed by atoms with Crippen molar-refractivity contribution in [3.8, 4) is 0 Å². The lowest BCUT2D eigenvalue weighted by molar-refractivity contribution is -0.136. The zero-order chi connectivity index (χ0) is 16.8. The first kappa shape index (κ1) is 16.8. The molecule has 1 heterocycles. The Morgan fingerprint density at radius 1 is 1.22 bits per heavy atom. The SMILES string of the molecule is CCN(CCc1ccccc1)C(=O)c1c(C)coc1CC(=O)O. The Morgan fingerprint density at radius 2 is 1.91 bits per heavy atom. The molecule has 2 rings (SSSR count). The van der Waals surface area contributed by atoms with E-state index in [9.17, 15) is 9.59 Å². The molecule has 0 unspecified atom stereocenters. The number of amides is 1.